The Morgan fingerprint density at radius 1 is 1.06 bits per heavy atom. The molecule has 9 nitrogen and oxygen atoms in total. The molecule has 3 rings (SSSR count). The van der Waals surface area contributed by atoms with E-state index in [2.05, 4.69) is 5.32 Å². The van der Waals surface area contributed by atoms with Crippen LogP contribution in [0, 0.1) is 0 Å². The molecule has 0 fully saturated rings. The number of amides is 1. The van der Waals surface area contributed by atoms with Gasteiger partial charge in [-0.2, -0.15) is 13.2 Å². The molecule has 1 amide bonds. The summed E-state index contributed by atoms with van der Waals surface area (Å²) in [5.41, 5.74) is -2.69. The quantitative estimate of drug-likeness (QED) is 0.411. The molecule has 1 N–H and O–H groups in total. The van der Waals surface area contributed by atoms with Crippen molar-refractivity contribution < 1.29 is 31.1 Å². The molecule has 0 atom stereocenters. The Bertz CT molecular complexity index is 1440. The maximum Gasteiger partial charge on any atom is 0.416 e. The molecule has 0 saturated heterocycles. The van der Waals surface area contributed by atoms with Gasteiger partial charge in [-0.3, -0.25) is 14.2 Å². The standard InChI is InChI=1S/C23H22F3N3O6S/c1-35-10-9-28-13-19(20(30)27-12-15-5-7-16(8-6-15)14-36(33)34)21(31)29(22(28)32)18-4-2-3-17(11-18)23(24,25)26/h2-8,11,13,36H,9-10,12,14H2,1H3,(H,27,30). The van der Waals surface area contributed by atoms with Gasteiger partial charge in [-0.1, -0.05) is 30.3 Å². The number of ether oxygens (including phenoxy) is 1. The lowest BCUT2D eigenvalue weighted by Gasteiger charge is -2.14. The molecule has 0 aliphatic carbocycles. The normalized spacial score (nSPS) is 11.6. The molecule has 0 spiro atoms. The summed E-state index contributed by atoms with van der Waals surface area (Å²) in [5.74, 6) is -0.973. The minimum absolute atomic E-state index is 0.0250. The minimum Gasteiger partial charge on any atom is -0.383 e. The Hall–Kier alpha value is -3.71. The average Bonchev–Trinajstić information content (AvgIpc) is 2.82. The van der Waals surface area contributed by atoms with E-state index in [9.17, 15) is 36.0 Å². The number of thiol groups is 1. The number of nitrogens with zero attached hydrogens (tertiary/aromatic N) is 2. The van der Waals surface area contributed by atoms with E-state index in [1.165, 1.54) is 7.11 Å². The fraction of sp³-hybridized carbons (Fsp3) is 0.261. The molecule has 0 saturated carbocycles. The highest BCUT2D eigenvalue weighted by atomic mass is 32.2. The lowest BCUT2D eigenvalue weighted by Crippen LogP contribution is -2.43. The highest BCUT2D eigenvalue weighted by Gasteiger charge is 2.31. The first kappa shape index (κ1) is 26.9. The Kier molecular flexibility index (Phi) is 8.48. The highest BCUT2D eigenvalue weighted by Crippen LogP contribution is 2.29. The highest BCUT2D eigenvalue weighted by molar-refractivity contribution is 7.71. The monoisotopic (exact) mass is 525 g/mol. The number of methoxy groups -OCH3 is 1. The van der Waals surface area contributed by atoms with Crippen molar-refractivity contribution in [3.8, 4) is 5.69 Å². The van der Waals surface area contributed by atoms with Gasteiger partial charge >= 0.3 is 11.9 Å². The first-order chi connectivity index (χ1) is 17.0. The lowest BCUT2D eigenvalue weighted by atomic mass is 10.1. The van der Waals surface area contributed by atoms with Crippen LogP contribution in [-0.2, 0) is 40.5 Å². The van der Waals surface area contributed by atoms with Crippen molar-refractivity contribution in [2.24, 2.45) is 0 Å². The second-order valence-electron chi connectivity index (χ2n) is 7.69. The van der Waals surface area contributed by atoms with Crippen LogP contribution in [0.25, 0.3) is 5.69 Å². The zero-order valence-electron chi connectivity index (χ0n) is 18.9. The van der Waals surface area contributed by atoms with E-state index in [1.54, 1.807) is 24.3 Å². The first-order valence-electron chi connectivity index (χ1n) is 10.5. The van der Waals surface area contributed by atoms with E-state index in [0.717, 1.165) is 29.0 Å². The summed E-state index contributed by atoms with van der Waals surface area (Å²) in [5, 5.41) is 2.54. The van der Waals surface area contributed by atoms with Crippen LogP contribution in [0.2, 0.25) is 0 Å². The molecule has 3 aromatic rings. The fourth-order valence-electron chi connectivity index (χ4n) is 3.35. The van der Waals surface area contributed by atoms with Gasteiger partial charge in [0, 0.05) is 19.9 Å². The van der Waals surface area contributed by atoms with Gasteiger partial charge in [0.05, 0.1) is 30.2 Å². The van der Waals surface area contributed by atoms with Crippen molar-refractivity contribution in [3.63, 3.8) is 0 Å². The maximum absolute atomic E-state index is 13.2. The Morgan fingerprint density at radius 3 is 2.33 bits per heavy atom. The summed E-state index contributed by atoms with van der Waals surface area (Å²) < 4.78 is 67.8. The summed E-state index contributed by atoms with van der Waals surface area (Å²) >= 11 is 0. The number of carbonyl (C=O) groups is 1. The minimum atomic E-state index is -4.71. The van der Waals surface area contributed by atoms with E-state index in [0.29, 0.717) is 21.8 Å². The largest absolute Gasteiger partial charge is 0.416 e. The Balaban J connectivity index is 1.98. The van der Waals surface area contributed by atoms with Crippen LogP contribution in [0.1, 0.15) is 27.0 Å². The molecule has 1 aromatic heterocycles. The van der Waals surface area contributed by atoms with Gasteiger partial charge < -0.3 is 10.1 Å². The van der Waals surface area contributed by atoms with Gasteiger partial charge in [0.15, 0.2) is 0 Å². The Morgan fingerprint density at radius 2 is 1.72 bits per heavy atom. The molecular weight excluding hydrogens is 503 g/mol. The first-order valence-corrected chi connectivity index (χ1v) is 11.9. The van der Waals surface area contributed by atoms with Crippen LogP contribution >= 0.6 is 0 Å². The van der Waals surface area contributed by atoms with Crippen molar-refractivity contribution in [3.05, 3.63) is 97.8 Å². The molecule has 0 unspecified atom stereocenters. The van der Waals surface area contributed by atoms with Crippen molar-refractivity contribution in [1.29, 1.82) is 0 Å². The molecule has 36 heavy (non-hydrogen) atoms. The van der Waals surface area contributed by atoms with Gasteiger partial charge in [0.2, 0.25) is 0 Å². The average molecular weight is 526 g/mol. The number of halogens is 3. The predicted octanol–water partition coefficient (Wildman–Crippen LogP) is 1.71. The molecule has 1 heterocycles. The topological polar surface area (TPSA) is 116 Å². The number of nitrogens with one attached hydrogen (secondary N) is 1. The van der Waals surface area contributed by atoms with E-state index in [1.807, 2.05) is 0 Å². The summed E-state index contributed by atoms with van der Waals surface area (Å²) in [6.07, 6.45) is -3.67. The number of rotatable bonds is 9. The predicted molar refractivity (Wildman–Crippen MR) is 125 cm³/mol. The van der Waals surface area contributed by atoms with Crippen molar-refractivity contribution >= 4 is 16.6 Å². The van der Waals surface area contributed by atoms with Crippen LogP contribution in [0.4, 0.5) is 13.2 Å². The number of hydrogen-bond donors (Lipinski definition) is 2. The van der Waals surface area contributed by atoms with Crippen LogP contribution in [0.5, 0.6) is 0 Å². The number of aromatic nitrogens is 2. The molecule has 2 aromatic carbocycles. The number of carbonyl (C=O) groups excluding carboxylic acids is 1. The lowest BCUT2D eigenvalue weighted by molar-refractivity contribution is -0.137. The third-order valence-corrected chi connectivity index (χ3v) is 5.78. The van der Waals surface area contributed by atoms with Crippen molar-refractivity contribution in [2.75, 3.05) is 13.7 Å². The summed E-state index contributed by atoms with van der Waals surface area (Å²) in [6, 6.07) is 10.1. The van der Waals surface area contributed by atoms with Crippen LogP contribution in [0.3, 0.4) is 0 Å². The van der Waals surface area contributed by atoms with Gasteiger partial charge in [0.1, 0.15) is 16.3 Å². The van der Waals surface area contributed by atoms with Gasteiger partial charge in [-0.05, 0) is 29.3 Å². The van der Waals surface area contributed by atoms with Crippen LogP contribution in [-0.4, -0.2) is 37.2 Å². The van der Waals surface area contributed by atoms with Gasteiger partial charge in [-0.15, -0.1) is 0 Å². The van der Waals surface area contributed by atoms with Crippen molar-refractivity contribution in [2.45, 2.75) is 25.0 Å². The summed E-state index contributed by atoms with van der Waals surface area (Å²) in [6.45, 7) is -0.0376. The van der Waals surface area contributed by atoms with Gasteiger partial charge in [0.25, 0.3) is 11.5 Å². The molecule has 13 heteroatoms. The third-order valence-electron chi connectivity index (χ3n) is 5.16. The second kappa shape index (κ2) is 11.4. The van der Waals surface area contributed by atoms with E-state index >= 15 is 0 Å². The molecule has 192 valence electrons. The van der Waals surface area contributed by atoms with E-state index in [-0.39, 0.29) is 31.1 Å². The molecule has 0 aliphatic rings. The number of alkyl halides is 3. The molecular formula is C23H22F3N3O6S. The second-order valence-corrected chi connectivity index (χ2v) is 8.67. The van der Waals surface area contributed by atoms with Crippen LogP contribution in [0.15, 0.2) is 64.3 Å². The van der Waals surface area contributed by atoms with Gasteiger partial charge in [-0.25, -0.2) is 17.8 Å². The third kappa shape index (κ3) is 6.49. The Labute approximate surface area is 204 Å². The molecule has 0 aliphatic heterocycles. The SMILES string of the molecule is COCCn1cc(C(=O)NCc2ccc(C[SH](=O)=O)cc2)c(=O)n(-c2cccc(C(F)(F)F)c2)c1=O. The molecule has 0 radical (unpaired) electrons. The van der Waals surface area contributed by atoms with E-state index < -0.39 is 45.2 Å². The number of benzene rings is 2. The summed E-state index contributed by atoms with van der Waals surface area (Å²) in [7, 11) is -1.21. The zero-order chi connectivity index (χ0) is 26.5. The van der Waals surface area contributed by atoms with Crippen molar-refractivity contribution in [1.82, 2.24) is 14.5 Å². The summed E-state index contributed by atoms with van der Waals surface area (Å²) in [4.78, 5) is 38.9. The smallest absolute Gasteiger partial charge is 0.383 e. The fourth-order valence-corrected chi connectivity index (χ4v) is 3.85. The van der Waals surface area contributed by atoms with E-state index in [4.69, 9.17) is 4.74 Å². The molecule has 0 bridgehead atoms. The maximum atomic E-state index is 13.2. The number of hydrogen-bond acceptors (Lipinski definition) is 6. The van der Waals surface area contributed by atoms with Crippen LogP contribution < -0.4 is 16.6 Å². The zero-order valence-corrected chi connectivity index (χ0v) is 19.8.